The third-order valence-electron chi connectivity index (χ3n) is 1.84. The van der Waals surface area contributed by atoms with Crippen LogP contribution in [0.3, 0.4) is 0 Å². The fourth-order valence-electron chi connectivity index (χ4n) is 1.09. The average molecular weight is 184 g/mol. The zero-order valence-corrected chi connectivity index (χ0v) is 7.85. The second-order valence-electron chi connectivity index (χ2n) is 3.02. The van der Waals surface area contributed by atoms with Gasteiger partial charge < -0.3 is 4.98 Å². The van der Waals surface area contributed by atoms with Crippen molar-refractivity contribution in [3.8, 4) is 0 Å². The molecule has 0 bridgehead atoms. The summed E-state index contributed by atoms with van der Waals surface area (Å²) in [5.41, 5.74) is -0.492. The number of rotatable bonds is 3. The van der Waals surface area contributed by atoms with Crippen molar-refractivity contribution in [2.24, 2.45) is 0 Å². The third kappa shape index (κ3) is 2.37. The minimum atomic E-state index is -0.778. The molecule has 0 aliphatic carbocycles. The van der Waals surface area contributed by atoms with Crippen LogP contribution in [0.1, 0.15) is 31.3 Å². The summed E-state index contributed by atoms with van der Waals surface area (Å²) in [6.45, 7) is 3.55. The van der Waals surface area contributed by atoms with E-state index in [4.69, 9.17) is 0 Å². The highest BCUT2D eigenvalue weighted by Crippen LogP contribution is 2.00. The molecular formula is C9H13FN2O. The zero-order chi connectivity index (χ0) is 9.84. The molecule has 0 spiro atoms. The van der Waals surface area contributed by atoms with E-state index in [1.165, 1.54) is 6.92 Å². The monoisotopic (exact) mass is 184 g/mol. The number of hydrogen-bond acceptors (Lipinski definition) is 2. The third-order valence-corrected chi connectivity index (χ3v) is 1.84. The highest BCUT2D eigenvalue weighted by Gasteiger charge is 2.05. The van der Waals surface area contributed by atoms with Crippen molar-refractivity contribution in [2.45, 2.75) is 33.1 Å². The standard InChI is InChI=1S/C9H13FN2O/c1-3-4-5-7-11-6(2)8(10)9(13)12-7/h3-5H2,1-2H3,(H,11,12,13). The maximum absolute atomic E-state index is 12.8. The summed E-state index contributed by atoms with van der Waals surface area (Å²) in [6.07, 6.45) is 2.68. The zero-order valence-electron chi connectivity index (χ0n) is 7.85. The molecule has 3 nitrogen and oxygen atoms in total. The fourth-order valence-corrected chi connectivity index (χ4v) is 1.09. The first-order chi connectivity index (χ1) is 6.15. The van der Waals surface area contributed by atoms with E-state index in [-0.39, 0.29) is 5.69 Å². The van der Waals surface area contributed by atoms with Gasteiger partial charge in [-0.05, 0) is 13.3 Å². The number of hydrogen-bond donors (Lipinski definition) is 1. The SMILES string of the molecule is CCCCc1nc(C)c(F)c(=O)[nH]1. The molecule has 0 aliphatic heterocycles. The number of nitrogens with zero attached hydrogens (tertiary/aromatic N) is 1. The highest BCUT2D eigenvalue weighted by molar-refractivity contribution is 5.03. The second kappa shape index (κ2) is 4.16. The maximum Gasteiger partial charge on any atom is 0.287 e. The average Bonchev–Trinajstić information content (AvgIpc) is 2.10. The molecule has 0 amide bonds. The predicted octanol–water partition coefficient (Wildman–Crippen LogP) is 1.56. The molecular weight excluding hydrogens is 171 g/mol. The van der Waals surface area contributed by atoms with Crippen molar-refractivity contribution < 1.29 is 4.39 Å². The van der Waals surface area contributed by atoms with Crippen LogP contribution in [-0.2, 0) is 6.42 Å². The van der Waals surface area contributed by atoms with Crippen molar-refractivity contribution in [1.29, 1.82) is 0 Å². The topological polar surface area (TPSA) is 45.8 Å². The van der Waals surface area contributed by atoms with Gasteiger partial charge in [0, 0.05) is 6.42 Å². The van der Waals surface area contributed by atoms with Gasteiger partial charge in [0.25, 0.3) is 5.56 Å². The number of aromatic nitrogens is 2. The molecule has 1 N–H and O–H groups in total. The molecule has 0 aromatic carbocycles. The van der Waals surface area contributed by atoms with Crippen LogP contribution in [0.25, 0.3) is 0 Å². The number of unbranched alkanes of at least 4 members (excludes halogenated alkanes) is 1. The summed E-state index contributed by atoms with van der Waals surface area (Å²) in [4.78, 5) is 17.3. The Morgan fingerprint density at radius 3 is 2.77 bits per heavy atom. The van der Waals surface area contributed by atoms with Crippen LogP contribution in [0.15, 0.2) is 4.79 Å². The van der Waals surface area contributed by atoms with Crippen LogP contribution in [0.5, 0.6) is 0 Å². The normalized spacial score (nSPS) is 10.4. The minimum Gasteiger partial charge on any atom is -0.308 e. The Balaban J connectivity index is 2.93. The number of aromatic amines is 1. The molecule has 1 aromatic heterocycles. The first kappa shape index (κ1) is 9.89. The Hall–Kier alpha value is -1.19. The lowest BCUT2D eigenvalue weighted by Crippen LogP contribution is -2.17. The molecule has 1 aromatic rings. The van der Waals surface area contributed by atoms with Crippen molar-refractivity contribution >= 4 is 0 Å². The van der Waals surface area contributed by atoms with Crippen LogP contribution in [0.4, 0.5) is 4.39 Å². The van der Waals surface area contributed by atoms with Gasteiger partial charge in [-0.2, -0.15) is 4.39 Å². The first-order valence-electron chi connectivity index (χ1n) is 4.40. The lowest BCUT2D eigenvalue weighted by Gasteiger charge is -2.00. The van der Waals surface area contributed by atoms with E-state index in [2.05, 4.69) is 16.9 Å². The summed E-state index contributed by atoms with van der Waals surface area (Å²) in [6, 6.07) is 0. The molecule has 0 atom stereocenters. The van der Waals surface area contributed by atoms with Gasteiger partial charge in [0.1, 0.15) is 5.82 Å². The van der Waals surface area contributed by atoms with E-state index in [9.17, 15) is 9.18 Å². The lowest BCUT2D eigenvalue weighted by atomic mass is 10.2. The number of nitrogens with one attached hydrogen (secondary N) is 1. The van der Waals surface area contributed by atoms with Gasteiger partial charge in [0.15, 0.2) is 0 Å². The summed E-state index contributed by atoms with van der Waals surface area (Å²) in [5, 5.41) is 0. The number of halogens is 1. The molecule has 1 heterocycles. The van der Waals surface area contributed by atoms with Gasteiger partial charge in [-0.1, -0.05) is 13.3 Å². The van der Waals surface area contributed by atoms with E-state index in [0.29, 0.717) is 12.2 Å². The maximum atomic E-state index is 12.8. The summed E-state index contributed by atoms with van der Waals surface area (Å²) >= 11 is 0. The number of H-pyrrole nitrogens is 1. The van der Waals surface area contributed by atoms with E-state index in [0.717, 1.165) is 12.8 Å². The molecule has 1 rings (SSSR count). The van der Waals surface area contributed by atoms with Gasteiger partial charge in [-0.25, -0.2) is 4.98 Å². The number of aryl methyl sites for hydroxylation is 2. The molecule has 4 heteroatoms. The molecule has 0 unspecified atom stereocenters. The van der Waals surface area contributed by atoms with Crippen molar-refractivity contribution in [3.63, 3.8) is 0 Å². The van der Waals surface area contributed by atoms with E-state index in [1.54, 1.807) is 0 Å². The molecule has 0 radical (unpaired) electrons. The van der Waals surface area contributed by atoms with Gasteiger partial charge in [0.05, 0.1) is 5.69 Å². The lowest BCUT2D eigenvalue weighted by molar-refractivity contribution is 0.579. The smallest absolute Gasteiger partial charge is 0.287 e. The Labute approximate surface area is 76.0 Å². The molecule has 0 saturated heterocycles. The molecule has 0 fully saturated rings. The highest BCUT2D eigenvalue weighted by atomic mass is 19.1. The molecule has 0 saturated carbocycles. The van der Waals surface area contributed by atoms with Gasteiger partial charge in [-0.3, -0.25) is 4.79 Å². The fraction of sp³-hybridized carbons (Fsp3) is 0.556. The predicted molar refractivity (Wildman–Crippen MR) is 48.2 cm³/mol. The Morgan fingerprint density at radius 2 is 2.23 bits per heavy atom. The summed E-state index contributed by atoms with van der Waals surface area (Å²) in [7, 11) is 0. The molecule has 0 aliphatic rings. The molecule has 72 valence electrons. The van der Waals surface area contributed by atoms with E-state index >= 15 is 0 Å². The van der Waals surface area contributed by atoms with Crippen molar-refractivity contribution in [1.82, 2.24) is 9.97 Å². The second-order valence-corrected chi connectivity index (χ2v) is 3.02. The molecule has 13 heavy (non-hydrogen) atoms. The Bertz CT molecular complexity index is 346. The largest absolute Gasteiger partial charge is 0.308 e. The van der Waals surface area contributed by atoms with Crippen molar-refractivity contribution in [3.05, 3.63) is 27.7 Å². The van der Waals surface area contributed by atoms with Gasteiger partial charge >= 0.3 is 0 Å². The van der Waals surface area contributed by atoms with Gasteiger partial charge in [-0.15, -0.1) is 0 Å². The minimum absolute atomic E-state index is 0.176. The summed E-state index contributed by atoms with van der Waals surface area (Å²) < 4.78 is 12.8. The van der Waals surface area contributed by atoms with E-state index < -0.39 is 11.4 Å². The Kier molecular flexibility index (Phi) is 3.17. The van der Waals surface area contributed by atoms with Crippen LogP contribution >= 0.6 is 0 Å². The van der Waals surface area contributed by atoms with Crippen molar-refractivity contribution in [2.75, 3.05) is 0 Å². The van der Waals surface area contributed by atoms with Crippen LogP contribution in [0, 0.1) is 12.7 Å². The summed E-state index contributed by atoms with van der Waals surface area (Å²) in [5.74, 6) is -0.203. The van der Waals surface area contributed by atoms with E-state index in [1.807, 2.05) is 0 Å². The quantitative estimate of drug-likeness (QED) is 0.774. The van der Waals surface area contributed by atoms with Crippen LogP contribution in [0.2, 0.25) is 0 Å². The van der Waals surface area contributed by atoms with Gasteiger partial charge in [0.2, 0.25) is 5.82 Å². The Morgan fingerprint density at radius 1 is 1.54 bits per heavy atom. The van der Waals surface area contributed by atoms with Crippen LogP contribution < -0.4 is 5.56 Å². The van der Waals surface area contributed by atoms with Crippen LogP contribution in [-0.4, -0.2) is 9.97 Å². The first-order valence-corrected chi connectivity index (χ1v) is 4.40.